The third-order valence-corrected chi connectivity index (χ3v) is 6.74. The van der Waals surface area contributed by atoms with Crippen molar-refractivity contribution in [1.29, 1.82) is 0 Å². The Kier molecular flexibility index (Phi) is 6.33. The molecule has 1 saturated heterocycles. The Morgan fingerprint density at radius 1 is 1.03 bits per heavy atom. The van der Waals surface area contributed by atoms with E-state index in [9.17, 15) is 13.2 Å². The normalized spacial score (nSPS) is 16.4. The summed E-state index contributed by atoms with van der Waals surface area (Å²) in [6.07, 6.45) is 3.06. The zero-order valence-electron chi connectivity index (χ0n) is 16.3. The van der Waals surface area contributed by atoms with Crippen molar-refractivity contribution < 1.29 is 17.9 Å². The van der Waals surface area contributed by atoms with Crippen LogP contribution in [0.4, 0.5) is 5.69 Å². The molecule has 1 amide bonds. The first-order valence-electron chi connectivity index (χ1n) is 9.33. The monoisotopic (exact) mass is 511 g/mol. The molecule has 0 unspecified atom stereocenters. The Hall–Kier alpha value is -2.36. The van der Waals surface area contributed by atoms with Gasteiger partial charge in [0.1, 0.15) is 15.8 Å². The summed E-state index contributed by atoms with van der Waals surface area (Å²) in [6, 6.07) is 11.0. The number of carbonyl (C=O) groups is 1. The molecule has 2 aromatic carbocycles. The molecule has 2 N–H and O–H groups in total. The van der Waals surface area contributed by atoms with Crippen molar-refractivity contribution in [2.45, 2.75) is 17.2 Å². The molecule has 2 heterocycles. The molecule has 1 aliphatic heterocycles. The van der Waals surface area contributed by atoms with Crippen molar-refractivity contribution in [2.24, 2.45) is 5.14 Å². The molecule has 1 fully saturated rings. The lowest BCUT2D eigenvalue weighted by atomic mass is 9.97. The Bertz CT molecular complexity index is 1280. The minimum Gasteiger partial charge on any atom is -0.454 e. The summed E-state index contributed by atoms with van der Waals surface area (Å²) >= 11 is 18.5. The van der Waals surface area contributed by atoms with Gasteiger partial charge < -0.3 is 9.64 Å². The summed E-state index contributed by atoms with van der Waals surface area (Å²) in [5, 5.41) is 6.07. The van der Waals surface area contributed by atoms with E-state index in [2.05, 4.69) is 4.98 Å². The molecule has 0 radical (unpaired) electrons. The van der Waals surface area contributed by atoms with E-state index < -0.39 is 10.0 Å². The summed E-state index contributed by atoms with van der Waals surface area (Å²) in [4.78, 5) is 18.2. The van der Waals surface area contributed by atoms with Gasteiger partial charge in [-0.1, -0.05) is 40.9 Å². The Morgan fingerprint density at radius 2 is 1.69 bits per heavy atom. The molecule has 32 heavy (non-hydrogen) atoms. The van der Waals surface area contributed by atoms with E-state index in [-0.39, 0.29) is 38.9 Å². The lowest BCUT2D eigenvalue weighted by molar-refractivity contribution is -0.117. The molecule has 1 aromatic heterocycles. The van der Waals surface area contributed by atoms with Gasteiger partial charge in [0.15, 0.2) is 5.75 Å². The lowest BCUT2D eigenvalue weighted by Crippen LogP contribution is -2.24. The van der Waals surface area contributed by atoms with Gasteiger partial charge in [-0.15, -0.1) is 0 Å². The van der Waals surface area contributed by atoms with Crippen molar-refractivity contribution >= 4 is 56.4 Å². The molecule has 166 valence electrons. The highest BCUT2D eigenvalue weighted by Crippen LogP contribution is 2.42. The Balaban J connectivity index is 1.63. The van der Waals surface area contributed by atoms with Crippen LogP contribution >= 0.6 is 34.8 Å². The average molecular weight is 513 g/mol. The van der Waals surface area contributed by atoms with Crippen molar-refractivity contribution in [1.82, 2.24) is 4.98 Å². The van der Waals surface area contributed by atoms with Crippen LogP contribution in [-0.4, -0.2) is 25.9 Å². The number of primary sulfonamides is 1. The first-order chi connectivity index (χ1) is 15.1. The van der Waals surface area contributed by atoms with Gasteiger partial charge >= 0.3 is 0 Å². The van der Waals surface area contributed by atoms with Crippen molar-refractivity contribution in [3.63, 3.8) is 0 Å². The van der Waals surface area contributed by atoms with E-state index in [1.165, 1.54) is 24.5 Å². The molecule has 7 nitrogen and oxygen atoms in total. The second-order valence-electron chi connectivity index (χ2n) is 7.16. The van der Waals surface area contributed by atoms with Crippen molar-refractivity contribution in [2.75, 3.05) is 11.4 Å². The molecule has 11 heteroatoms. The number of ether oxygens (including phenoxy) is 1. The van der Waals surface area contributed by atoms with E-state index in [4.69, 9.17) is 44.7 Å². The molecule has 3 aromatic rings. The van der Waals surface area contributed by atoms with Gasteiger partial charge in [0.05, 0.1) is 4.90 Å². The number of nitrogens with two attached hydrogens (primary N) is 1. The van der Waals surface area contributed by atoms with Crippen LogP contribution in [0.2, 0.25) is 15.1 Å². The van der Waals surface area contributed by atoms with Crippen LogP contribution in [0, 0.1) is 0 Å². The lowest BCUT2D eigenvalue weighted by Gasteiger charge is -2.19. The first kappa shape index (κ1) is 22.8. The highest BCUT2D eigenvalue weighted by atomic mass is 35.5. The van der Waals surface area contributed by atoms with E-state index in [0.29, 0.717) is 23.0 Å². The number of hydrogen-bond acceptors (Lipinski definition) is 5. The van der Waals surface area contributed by atoms with Crippen LogP contribution in [-0.2, 0) is 14.8 Å². The number of pyridine rings is 1. The summed E-state index contributed by atoms with van der Waals surface area (Å²) in [7, 11) is -3.82. The smallest absolute Gasteiger partial charge is 0.238 e. The molecule has 1 aliphatic rings. The minimum atomic E-state index is -3.82. The zero-order chi connectivity index (χ0) is 23.0. The van der Waals surface area contributed by atoms with Gasteiger partial charge in [-0.2, -0.15) is 0 Å². The predicted octanol–water partition coefficient (Wildman–Crippen LogP) is 5.00. The topological polar surface area (TPSA) is 103 Å². The number of amides is 1. The van der Waals surface area contributed by atoms with E-state index in [1.54, 1.807) is 35.2 Å². The number of aromatic nitrogens is 1. The fraction of sp³-hybridized carbons (Fsp3) is 0.143. The Labute approximate surface area is 199 Å². The summed E-state index contributed by atoms with van der Waals surface area (Å²) in [5.41, 5.74) is 1.33. The molecular weight excluding hydrogens is 497 g/mol. The summed E-state index contributed by atoms with van der Waals surface area (Å²) in [5.74, 6) is 0.356. The quantitative estimate of drug-likeness (QED) is 0.518. The van der Waals surface area contributed by atoms with Gasteiger partial charge in [0.25, 0.3) is 0 Å². The molecular formula is C21H16Cl3N3O4S. The van der Waals surface area contributed by atoms with Crippen LogP contribution in [0.25, 0.3) is 0 Å². The van der Waals surface area contributed by atoms with Gasteiger partial charge in [-0.25, -0.2) is 13.6 Å². The number of rotatable bonds is 5. The zero-order valence-corrected chi connectivity index (χ0v) is 19.4. The summed E-state index contributed by atoms with van der Waals surface area (Å²) in [6.45, 7) is 0.364. The fourth-order valence-electron chi connectivity index (χ4n) is 3.52. The van der Waals surface area contributed by atoms with Crippen LogP contribution < -0.4 is 14.8 Å². The second-order valence-corrected chi connectivity index (χ2v) is 9.97. The van der Waals surface area contributed by atoms with Gasteiger partial charge in [0.2, 0.25) is 15.9 Å². The van der Waals surface area contributed by atoms with E-state index in [1.807, 2.05) is 0 Å². The van der Waals surface area contributed by atoms with Gasteiger partial charge in [0, 0.05) is 47.6 Å². The van der Waals surface area contributed by atoms with Crippen molar-refractivity contribution in [3.05, 3.63) is 75.5 Å². The molecule has 0 saturated carbocycles. The maximum atomic E-state index is 12.8. The number of nitrogens with zero attached hydrogens (tertiary/aromatic N) is 2. The van der Waals surface area contributed by atoms with E-state index >= 15 is 0 Å². The SMILES string of the molecule is NS(=O)(=O)c1ccc(N2C[C@@H](c3ccc(Cl)cc3Oc3c(Cl)cncc3Cl)CC2=O)cc1. The van der Waals surface area contributed by atoms with E-state index in [0.717, 1.165) is 5.56 Å². The largest absolute Gasteiger partial charge is 0.454 e. The Morgan fingerprint density at radius 3 is 2.31 bits per heavy atom. The third kappa shape index (κ3) is 4.69. The highest BCUT2D eigenvalue weighted by molar-refractivity contribution is 7.89. The average Bonchev–Trinajstić information content (AvgIpc) is 3.12. The molecule has 4 rings (SSSR count). The number of benzene rings is 2. The van der Waals surface area contributed by atoms with Gasteiger partial charge in [-0.3, -0.25) is 9.78 Å². The second kappa shape index (κ2) is 8.88. The number of halogens is 3. The molecule has 0 aliphatic carbocycles. The molecule has 0 bridgehead atoms. The van der Waals surface area contributed by atoms with Crippen LogP contribution in [0.1, 0.15) is 17.9 Å². The van der Waals surface area contributed by atoms with Crippen LogP contribution in [0.5, 0.6) is 11.5 Å². The first-order valence-corrected chi connectivity index (χ1v) is 12.0. The van der Waals surface area contributed by atoms with Crippen molar-refractivity contribution in [3.8, 4) is 11.5 Å². The van der Waals surface area contributed by atoms with Crippen LogP contribution in [0.15, 0.2) is 59.8 Å². The fourth-order valence-corrected chi connectivity index (χ4v) is 4.64. The third-order valence-electron chi connectivity index (χ3n) is 5.04. The number of hydrogen-bond donors (Lipinski definition) is 1. The predicted molar refractivity (Wildman–Crippen MR) is 123 cm³/mol. The van der Waals surface area contributed by atoms with Gasteiger partial charge in [-0.05, 0) is 36.4 Å². The highest BCUT2D eigenvalue weighted by Gasteiger charge is 2.33. The maximum Gasteiger partial charge on any atom is 0.238 e. The number of carbonyl (C=O) groups excluding carboxylic acids is 1. The maximum absolute atomic E-state index is 12.8. The minimum absolute atomic E-state index is 0.0241. The summed E-state index contributed by atoms with van der Waals surface area (Å²) < 4.78 is 29.0. The molecule has 1 atom stereocenters. The number of sulfonamides is 1. The van der Waals surface area contributed by atoms with Crippen LogP contribution in [0.3, 0.4) is 0 Å². The standard InChI is InChI=1S/C21H16Cl3N3O4S/c22-13-1-6-16(19(8-13)31-21-17(23)9-26-10-18(21)24)12-7-20(28)27(11-12)14-2-4-15(5-3-14)32(25,29)30/h1-6,8-10,12H,7,11H2,(H2,25,29,30)/t12-/m0/s1. The molecule has 0 spiro atoms. The number of anilines is 1.